The molecule has 0 radical (unpaired) electrons. The SMILES string of the molecule is CCOC(=S)[S-].CCOC(=S)[S-].CCOC(=S)[S-].CCOC(=S)[S-].CCOC(=S)[S-].CCOC(=S)[S-].[Mo+6]. The summed E-state index contributed by atoms with van der Waals surface area (Å²) in [6.45, 7) is 14.6. The number of thiocarbonyl (C=S) groups is 6. The smallest absolute Gasteiger partial charge is 0.514 e. The third-order valence-electron chi connectivity index (χ3n) is 1.57. The molecular formula is C18H30MoO6S12. The molecule has 0 saturated heterocycles. The average Bonchev–Trinajstić information content (AvgIpc) is 2.69. The zero-order chi connectivity index (χ0) is 29.9. The van der Waals surface area contributed by atoms with Crippen molar-refractivity contribution in [2.75, 3.05) is 39.6 Å². The standard InChI is InChI=1S/6C3H6OS2.Mo/c6*1-2-4-3(5)6;/h6*2H2,1H3,(H,5,6);/q;;;;;;+6/p-6. The largest absolute Gasteiger partial charge is 6.00 e. The van der Waals surface area contributed by atoms with Crippen molar-refractivity contribution in [2.45, 2.75) is 41.5 Å². The predicted octanol–water partition coefficient (Wildman–Crippen LogP) is 5.13. The zero-order valence-electron chi connectivity index (χ0n) is 21.0. The molecule has 37 heavy (non-hydrogen) atoms. The van der Waals surface area contributed by atoms with Gasteiger partial charge in [-0.05, 0) is 41.5 Å². The van der Waals surface area contributed by atoms with Gasteiger partial charge in [-0.25, -0.2) is 0 Å². The van der Waals surface area contributed by atoms with E-state index in [1.54, 1.807) is 0 Å². The first kappa shape index (κ1) is 54.4. The van der Waals surface area contributed by atoms with Gasteiger partial charge in [-0.1, -0.05) is 0 Å². The summed E-state index contributed by atoms with van der Waals surface area (Å²) in [5.41, 5.74) is 0. The van der Waals surface area contributed by atoms with Crippen LogP contribution in [0.15, 0.2) is 0 Å². The summed E-state index contributed by atoms with van der Waals surface area (Å²) in [5, 5.41) is 0. The molecule has 0 bridgehead atoms. The summed E-state index contributed by atoms with van der Waals surface area (Å²) in [4.78, 5) is 0. The van der Waals surface area contributed by atoms with E-state index >= 15 is 0 Å². The first-order valence-corrected chi connectivity index (χ1v) is 14.5. The second kappa shape index (κ2) is 50.2. The Kier molecular flexibility index (Phi) is 73.9. The summed E-state index contributed by atoms with van der Waals surface area (Å²) in [5.74, 6) is 0. The van der Waals surface area contributed by atoms with Crippen LogP contribution in [0.4, 0.5) is 0 Å². The molecule has 0 N–H and O–H groups in total. The van der Waals surface area contributed by atoms with Gasteiger partial charge in [0, 0.05) is 26.3 Å². The van der Waals surface area contributed by atoms with Gasteiger partial charge in [-0.15, -0.1) is 0 Å². The zero-order valence-corrected chi connectivity index (χ0v) is 32.8. The van der Waals surface area contributed by atoms with Gasteiger partial charge in [-0.3, -0.25) is 0 Å². The monoisotopic (exact) mass is 824 g/mol. The van der Waals surface area contributed by atoms with E-state index in [0.717, 1.165) is 0 Å². The first-order chi connectivity index (χ1) is 16.6. The van der Waals surface area contributed by atoms with Gasteiger partial charge in [0.25, 0.3) is 0 Å². The summed E-state index contributed by atoms with van der Waals surface area (Å²) < 4.78 is 28.8. The molecule has 0 unspecified atom stereocenters. The van der Waals surface area contributed by atoms with E-state index < -0.39 is 0 Å². The second-order valence-corrected chi connectivity index (χ2v) is 10.1. The van der Waals surface area contributed by atoms with E-state index in [0.29, 0.717) is 39.6 Å². The van der Waals surface area contributed by atoms with Crippen molar-refractivity contribution in [3.05, 3.63) is 0 Å². The third-order valence-corrected chi connectivity index (χ3v) is 2.99. The average molecular weight is 823 g/mol. The van der Waals surface area contributed by atoms with Gasteiger partial charge in [0.2, 0.25) is 0 Å². The molecule has 6 nitrogen and oxygen atoms in total. The number of hydrogen-bond acceptors (Lipinski definition) is 18. The maximum Gasteiger partial charge on any atom is 6.00 e. The molecular weight excluding hydrogens is 793 g/mol. The Morgan fingerprint density at radius 2 is 0.432 bits per heavy atom. The molecule has 216 valence electrons. The number of ether oxygens (including phenoxy) is 6. The number of rotatable bonds is 6. The van der Waals surface area contributed by atoms with Crippen molar-refractivity contribution in [3.8, 4) is 0 Å². The Labute approximate surface area is 302 Å². The van der Waals surface area contributed by atoms with E-state index in [9.17, 15) is 0 Å². The van der Waals surface area contributed by atoms with Gasteiger partial charge >= 0.3 is 21.1 Å². The molecule has 0 aromatic rings. The molecule has 0 rings (SSSR count). The van der Waals surface area contributed by atoms with Gasteiger partial charge in [0.1, 0.15) is 0 Å². The fraction of sp³-hybridized carbons (Fsp3) is 0.667. The van der Waals surface area contributed by atoms with Gasteiger partial charge in [-0.2, -0.15) is 0 Å². The fourth-order valence-electron chi connectivity index (χ4n) is 0.707. The topological polar surface area (TPSA) is 55.4 Å². The van der Waals surface area contributed by atoms with Gasteiger partial charge in [0.15, 0.2) is 0 Å². The van der Waals surface area contributed by atoms with Crippen LogP contribution in [0.3, 0.4) is 0 Å². The quantitative estimate of drug-likeness (QED) is 0.202. The summed E-state index contributed by atoms with van der Waals surface area (Å²) >= 11 is 52.6. The Hall–Kier alpha value is 1.35. The number of hydrogen-bond donors (Lipinski definition) is 0. The Balaban J connectivity index is -0.0000000581. The van der Waals surface area contributed by atoms with Crippen molar-refractivity contribution in [2.24, 2.45) is 0 Å². The molecule has 0 aliphatic carbocycles. The van der Waals surface area contributed by atoms with Crippen LogP contribution in [-0.4, -0.2) is 65.9 Å². The van der Waals surface area contributed by atoms with Crippen molar-refractivity contribution in [1.29, 1.82) is 0 Å². The molecule has 0 atom stereocenters. The minimum atomic E-state index is 0. The van der Waals surface area contributed by atoms with Crippen LogP contribution >= 0.6 is 73.3 Å². The van der Waals surface area contributed by atoms with Crippen molar-refractivity contribution in [1.82, 2.24) is 0 Å². The molecule has 0 aromatic heterocycles. The Morgan fingerprint density at radius 1 is 0.351 bits per heavy atom. The van der Waals surface area contributed by atoms with Crippen LogP contribution in [0, 0.1) is 0 Å². The van der Waals surface area contributed by atoms with Crippen LogP contribution in [0.1, 0.15) is 41.5 Å². The third kappa shape index (κ3) is 125. The summed E-state index contributed by atoms with van der Waals surface area (Å²) in [6, 6.07) is 0. The molecule has 0 aliphatic heterocycles. The predicted molar refractivity (Wildman–Crippen MR) is 190 cm³/mol. The maximum atomic E-state index is 4.59. The van der Waals surface area contributed by atoms with E-state index in [1.807, 2.05) is 41.5 Å². The molecule has 0 fully saturated rings. The van der Waals surface area contributed by atoms with E-state index in [4.69, 9.17) is 0 Å². The van der Waals surface area contributed by atoms with Crippen molar-refractivity contribution < 1.29 is 49.5 Å². The van der Waals surface area contributed by atoms with Crippen LogP contribution < -0.4 is 0 Å². The van der Waals surface area contributed by atoms with Gasteiger partial charge < -0.3 is 178 Å². The Bertz CT molecular complexity index is 447. The van der Waals surface area contributed by atoms with Gasteiger partial charge in [0.05, 0.1) is 39.6 Å². The first-order valence-electron chi connectivity index (χ1n) is 9.65. The summed E-state index contributed by atoms with van der Waals surface area (Å²) in [7, 11) is 0. The second-order valence-electron chi connectivity index (χ2n) is 4.10. The minimum absolute atomic E-state index is 0. The molecule has 0 amide bonds. The van der Waals surface area contributed by atoms with Crippen LogP contribution in [0.2, 0.25) is 0 Å². The van der Waals surface area contributed by atoms with Crippen LogP contribution in [0.5, 0.6) is 0 Å². The molecule has 0 spiro atoms. The van der Waals surface area contributed by atoms with E-state index in [1.165, 1.54) is 0 Å². The van der Waals surface area contributed by atoms with Crippen LogP contribution in [-0.2, 0) is 125 Å². The van der Waals surface area contributed by atoms with Crippen molar-refractivity contribution >= 4 is 175 Å². The van der Waals surface area contributed by atoms with Crippen molar-refractivity contribution in [3.63, 3.8) is 0 Å². The molecule has 0 saturated carbocycles. The molecule has 0 heterocycles. The molecule has 0 aromatic carbocycles. The molecule has 0 aliphatic rings. The minimum Gasteiger partial charge on any atom is -0.514 e. The summed E-state index contributed by atoms with van der Waals surface area (Å²) in [6.07, 6.45) is 0. The maximum absolute atomic E-state index is 4.59. The Morgan fingerprint density at radius 3 is 0.432 bits per heavy atom. The fourth-order valence-corrected chi connectivity index (χ4v) is 2.12. The molecule has 19 heteroatoms. The van der Waals surface area contributed by atoms with E-state index in [2.05, 4.69) is 178 Å². The van der Waals surface area contributed by atoms with E-state index in [-0.39, 0.29) is 47.4 Å². The normalized spacial score (nSPS) is 7.30. The van der Waals surface area contributed by atoms with Crippen LogP contribution in [0.25, 0.3) is 0 Å².